The van der Waals surface area contributed by atoms with E-state index < -0.39 is 42.5 Å². The quantitative estimate of drug-likeness (QED) is 0.342. The van der Waals surface area contributed by atoms with Gasteiger partial charge < -0.3 is 18.9 Å². The van der Waals surface area contributed by atoms with E-state index in [-0.39, 0.29) is 5.57 Å². The third-order valence-electron chi connectivity index (χ3n) is 3.83. The molecule has 0 heterocycles. The number of carbonyl (C=O) groups excluding carboxylic acids is 4. The lowest BCUT2D eigenvalue weighted by atomic mass is 10.2. The van der Waals surface area contributed by atoms with Gasteiger partial charge in [-0.2, -0.15) is 0 Å². The van der Waals surface area contributed by atoms with Crippen molar-refractivity contribution in [2.75, 3.05) is 0 Å². The standard InChI is InChI=1S/C23H22O8/c1-15(21(25)29-17(3)23(27)31-19-12-8-5-9-13-19)14-20(24)28-16(2)22(26)30-18-10-6-4-7-11-18/h4-13,16-17H,1,14H2,2-3H3. The molecule has 0 aliphatic carbocycles. The maximum atomic E-state index is 12.1. The van der Waals surface area contributed by atoms with Crippen LogP contribution < -0.4 is 9.47 Å². The fourth-order valence-corrected chi connectivity index (χ4v) is 2.20. The van der Waals surface area contributed by atoms with Gasteiger partial charge in [-0.1, -0.05) is 43.0 Å². The van der Waals surface area contributed by atoms with Gasteiger partial charge in [0.1, 0.15) is 11.5 Å². The summed E-state index contributed by atoms with van der Waals surface area (Å²) in [5.74, 6) is -2.79. The summed E-state index contributed by atoms with van der Waals surface area (Å²) < 4.78 is 20.1. The van der Waals surface area contributed by atoms with Crippen LogP contribution in [0.15, 0.2) is 72.8 Å². The van der Waals surface area contributed by atoms with Crippen LogP contribution >= 0.6 is 0 Å². The number of esters is 4. The molecule has 2 atom stereocenters. The molecule has 0 saturated carbocycles. The Bertz CT molecular complexity index is 937. The molecule has 2 aromatic rings. The minimum atomic E-state index is -1.22. The molecule has 0 amide bonds. The molecule has 0 spiro atoms. The smallest absolute Gasteiger partial charge is 0.352 e. The second-order valence-electron chi connectivity index (χ2n) is 6.43. The van der Waals surface area contributed by atoms with Crippen LogP contribution in [0.4, 0.5) is 0 Å². The van der Waals surface area contributed by atoms with Gasteiger partial charge in [0.15, 0.2) is 12.2 Å². The highest BCUT2D eigenvalue weighted by molar-refractivity contribution is 5.95. The van der Waals surface area contributed by atoms with Crippen molar-refractivity contribution < 1.29 is 38.1 Å². The van der Waals surface area contributed by atoms with Gasteiger partial charge in [-0.3, -0.25) is 4.79 Å². The van der Waals surface area contributed by atoms with Crippen molar-refractivity contribution in [2.24, 2.45) is 0 Å². The molecule has 2 aromatic carbocycles. The Morgan fingerprint density at radius 1 is 0.742 bits per heavy atom. The van der Waals surface area contributed by atoms with Crippen molar-refractivity contribution in [3.8, 4) is 11.5 Å². The Hall–Kier alpha value is -3.94. The number of hydrogen-bond acceptors (Lipinski definition) is 8. The number of rotatable bonds is 9. The summed E-state index contributed by atoms with van der Waals surface area (Å²) in [6.45, 7) is 6.14. The predicted molar refractivity (Wildman–Crippen MR) is 109 cm³/mol. The third kappa shape index (κ3) is 7.77. The van der Waals surface area contributed by atoms with Crippen LogP contribution in [0, 0.1) is 0 Å². The van der Waals surface area contributed by atoms with Gasteiger partial charge in [-0.15, -0.1) is 0 Å². The number of hydrogen-bond donors (Lipinski definition) is 0. The van der Waals surface area contributed by atoms with E-state index in [1.807, 2.05) is 0 Å². The summed E-state index contributed by atoms with van der Waals surface area (Å²) in [5.41, 5.74) is -0.243. The molecule has 2 unspecified atom stereocenters. The van der Waals surface area contributed by atoms with E-state index in [2.05, 4.69) is 6.58 Å². The van der Waals surface area contributed by atoms with Crippen molar-refractivity contribution in [1.82, 2.24) is 0 Å². The second kappa shape index (κ2) is 11.3. The van der Waals surface area contributed by atoms with E-state index in [9.17, 15) is 19.2 Å². The minimum absolute atomic E-state index is 0.243. The van der Waals surface area contributed by atoms with E-state index in [4.69, 9.17) is 18.9 Å². The van der Waals surface area contributed by atoms with Crippen LogP contribution in [0.1, 0.15) is 20.3 Å². The largest absolute Gasteiger partial charge is 0.450 e. The Labute approximate surface area is 179 Å². The van der Waals surface area contributed by atoms with Crippen LogP contribution in [-0.2, 0) is 28.7 Å². The normalized spacial score (nSPS) is 12.1. The Balaban J connectivity index is 1.77. The number of carbonyl (C=O) groups is 4. The van der Waals surface area contributed by atoms with Crippen molar-refractivity contribution in [3.05, 3.63) is 72.8 Å². The summed E-state index contributed by atoms with van der Waals surface area (Å²) in [4.78, 5) is 48.0. The average Bonchev–Trinajstić information content (AvgIpc) is 2.74. The van der Waals surface area contributed by atoms with Crippen LogP contribution in [-0.4, -0.2) is 36.1 Å². The number of para-hydroxylation sites is 2. The average molecular weight is 426 g/mol. The highest BCUT2D eigenvalue weighted by Crippen LogP contribution is 2.13. The monoisotopic (exact) mass is 426 g/mol. The lowest BCUT2D eigenvalue weighted by Gasteiger charge is -2.15. The molecule has 0 saturated heterocycles. The third-order valence-corrected chi connectivity index (χ3v) is 3.83. The van der Waals surface area contributed by atoms with Crippen molar-refractivity contribution in [2.45, 2.75) is 32.5 Å². The predicted octanol–water partition coefficient (Wildman–Crippen LogP) is 3.01. The fraction of sp³-hybridized carbons (Fsp3) is 0.217. The van der Waals surface area contributed by atoms with Gasteiger partial charge in [0.2, 0.25) is 0 Å². The highest BCUT2D eigenvalue weighted by atomic mass is 16.6. The highest BCUT2D eigenvalue weighted by Gasteiger charge is 2.25. The van der Waals surface area contributed by atoms with Gasteiger partial charge in [-0.05, 0) is 38.1 Å². The Morgan fingerprint density at radius 3 is 1.61 bits per heavy atom. The van der Waals surface area contributed by atoms with Crippen LogP contribution in [0.3, 0.4) is 0 Å². The molecule has 0 aliphatic heterocycles. The second-order valence-corrected chi connectivity index (χ2v) is 6.43. The maximum absolute atomic E-state index is 12.1. The first-order chi connectivity index (χ1) is 14.8. The summed E-state index contributed by atoms with van der Waals surface area (Å²) in [7, 11) is 0. The molecule has 0 aromatic heterocycles. The SMILES string of the molecule is C=C(CC(=O)OC(C)C(=O)Oc1ccccc1)C(=O)OC(C)C(=O)Oc1ccccc1. The lowest BCUT2D eigenvalue weighted by molar-refractivity contribution is -0.162. The van der Waals surface area contributed by atoms with Crippen LogP contribution in [0.25, 0.3) is 0 Å². The van der Waals surface area contributed by atoms with E-state index in [0.717, 1.165) is 0 Å². The molecule has 0 aliphatic rings. The lowest BCUT2D eigenvalue weighted by Crippen LogP contribution is -2.30. The fourth-order valence-electron chi connectivity index (χ4n) is 2.20. The van der Waals surface area contributed by atoms with Crippen LogP contribution in [0.2, 0.25) is 0 Å². The first-order valence-electron chi connectivity index (χ1n) is 9.38. The maximum Gasteiger partial charge on any atom is 0.352 e. The van der Waals surface area contributed by atoms with Crippen molar-refractivity contribution in [1.29, 1.82) is 0 Å². The molecule has 0 fully saturated rings. The number of benzene rings is 2. The molecule has 0 N–H and O–H groups in total. The van der Waals surface area contributed by atoms with E-state index in [1.54, 1.807) is 60.7 Å². The zero-order valence-electron chi connectivity index (χ0n) is 17.1. The molecule has 8 heteroatoms. The van der Waals surface area contributed by atoms with E-state index in [0.29, 0.717) is 11.5 Å². The van der Waals surface area contributed by atoms with Crippen molar-refractivity contribution >= 4 is 23.9 Å². The van der Waals surface area contributed by atoms with Gasteiger partial charge in [0, 0.05) is 5.57 Å². The van der Waals surface area contributed by atoms with Gasteiger partial charge in [-0.25, -0.2) is 14.4 Å². The zero-order chi connectivity index (χ0) is 22.8. The number of ether oxygens (including phenoxy) is 4. The summed E-state index contributed by atoms with van der Waals surface area (Å²) >= 11 is 0. The van der Waals surface area contributed by atoms with E-state index in [1.165, 1.54) is 13.8 Å². The Morgan fingerprint density at radius 2 is 1.16 bits per heavy atom. The van der Waals surface area contributed by atoms with Gasteiger partial charge in [0.25, 0.3) is 0 Å². The van der Waals surface area contributed by atoms with Gasteiger partial charge >= 0.3 is 23.9 Å². The zero-order valence-corrected chi connectivity index (χ0v) is 17.1. The minimum Gasteiger partial charge on any atom is -0.450 e. The van der Waals surface area contributed by atoms with E-state index >= 15 is 0 Å². The molecule has 31 heavy (non-hydrogen) atoms. The molecule has 0 radical (unpaired) electrons. The van der Waals surface area contributed by atoms with Gasteiger partial charge in [0.05, 0.1) is 6.42 Å². The summed E-state index contributed by atoms with van der Waals surface area (Å²) in [5, 5.41) is 0. The topological polar surface area (TPSA) is 105 Å². The first-order valence-corrected chi connectivity index (χ1v) is 9.38. The summed E-state index contributed by atoms with van der Waals surface area (Å²) in [6, 6.07) is 16.6. The first kappa shape index (κ1) is 23.3. The Kier molecular flexibility index (Phi) is 8.51. The summed E-state index contributed by atoms with van der Waals surface area (Å²) in [6.07, 6.45) is -2.95. The van der Waals surface area contributed by atoms with Crippen LogP contribution in [0.5, 0.6) is 11.5 Å². The molecule has 0 bridgehead atoms. The van der Waals surface area contributed by atoms with Crippen molar-refractivity contribution in [3.63, 3.8) is 0 Å². The molecular weight excluding hydrogens is 404 g/mol. The molecule has 2 rings (SSSR count). The molecule has 162 valence electrons. The molecule has 8 nitrogen and oxygen atoms in total. The molecular formula is C23H22O8.